The maximum atomic E-state index is 11.9. The van der Waals surface area contributed by atoms with Gasteiger partial charge in [-0.3, -0.25) is 13.9 Å². The Hall–Kier alpha value is -1.89. The Balaban J connectivity index is 2.29. The Morgan fingerprint density at radius 3 is 2.19 bits per heavy atom. The van der Waals surface area contributed by atoms with E-state index in [1.807, 2.05) is 20.8 Å². The molecule has 0 saturated carbocycles. The molecule has 112 valence electrons. The van der Waals surface area contributed by atoms with Gasteiger partial charge in [0.05, 0.1) is 0 Å². The molecule has 0 radical (unpaired) electrons. The lowest BCUT2D eigenvalue weighted by Gasteiger charge is -2.10. The molecule has 0 aliphatic heterocycles. The van der Waals surface area contributed by atoms with E-state index in [1.165, 1.54) is 29.4 Å². The van der Waals surface area contributed by atoms with Gasteiger partial charge in [-0.25, -0.2) is 14.8 Å². The van der Waals surface area contributed by atoms with Gasteiger partial charge in [-0.1, -0.05) is 11.8 Å². The second kappa shape index (κ2) is 5.85. The third-order valence-electron chi connectivity index (χ3n) is 3.59. The molecule has 6 nitrogen and oxygen atoms in total. The van der Waals surface area contributed by atoms with Gasteiger partial charge in [0.15, 0.2) is 5.16 Å². The third kappa shape index (κ3) is 3.07. The van der Waals surface area contributed by atoms with Crippen molar-refractivity contribution in [2.75, 3.05) is 0 Å². The minimum atomic E-state index is -0.324. The van der Waals surface area contributed by atoms with Crippen molar-refractivity contribution < 1.29 is 0 Å². The van der Waals surface area contributed by atoms with Gasteiger partial charge in [0.1, 0.15) is 0 Å². The largest absolute Gasteiger partial charge is 0.330 e. The van der Waals surface area contributed by atoms with Crippen LogP contribution in [0.2, 0.25) is 0 Å². The van der Waals surface area contributed by atoms with Crippen LogP contribution in [0.25, 0.3) is 0 Å². The summed E-state index contributed by atoms with van der Waals surface area (Å²) in [6, 6.07) is 1.47. The van der Waals surface area contributed by atoms with Gasteiger partial charge in [-0.05, 0) is 26.3 Å². The summed E-state index contributed by atoms with van der Waals surface area (Å²) >= 11 is 1.42. The van der Waals surface area contributed by atoms with Crippen molar-refractivity contribution in [3.63, 3.8) is 0 Å². The van der Waals surface area contributed by atoms with Gasteiger partial charge in [-0.15, -0.1) is 0 Å². The van der Waals surface area contributed by atoms with Crippen LogP contribution in [0, 0.1) is 20.8 Å². The number of aromatic nitrogens is 4. The van der Waals surface area contributed by atoms with Gasteiger partial charge < -0.3 is 0 Å². The predicted octanol–water partition coefficient (Wildman–Crippen LogP) is 1.09. The fraction of sp³-hybridized carbons (Fsp3) is 0.429. The van der Waals surface area contributed by atoms with Crippen LogP contribution < -0.4 is 11.2 Å². The SMILES string of the molecule is Cc1nc(SCc2cc(=O)n(C)c(=O)n2C)nc(C)c1C. The maximum Gasteiger partial charge on any atom is 0.330 e. The molecule has 0 spiro atoms. The molecular weight excluding hydrogens is 288 g/mol. The zero-order valence-electron chi connectivity index (χ0n) is 12.8. The monoisotopic (exact) mass is 306 g/mol. The van der Waals surface area contributed by atoms with E-state index >= 15 is 0 Å². The minimum Gasteiger partial charge on any atom is -0.300 e. The smallest absolute Gasteiger partial charge is 0.300 e. The average molecular weight is 306 g/mol. The van der Waals surface area contributed by atoms with Crippen molar-refractivity contribution in [3.8, 4) is 0 Å². The van der Waals surface area contributed by atoms with E-state index in [2.05, 4.69) is 9.97 Å². The van der Waals surface area contributed by atoms with Crippen LogP contribution in [0.3, 0.4) is 0 Å². The summed E-state index contributed by atoms with van der Waals surface area (Å²) in [7, 11) is 3.13. The Morgan fingerprint density at radius 1 is 1.05 bits per heavy atom. The summed E-state index contributed by atoms with van der Waals surface area (Å²) in [5, 5.41) is 0.656. The number of nitrogens with zero attached hydrogens (tertiary/aromatic N) is 4. The maximum absolute atomic E-state index is 11.9. The van der Waals surface area contributed by atoms with E-state index in [-0.39, 0.29) is 11.2 Å². The fourth-order valence-corrected chi connectivity index (χ4v) is 2.82. The third-order valence-corrected chi connectivity index (χ3v) is 4.47. The highest BCUT2D eigenvalue weighted by atomic mass is 32.2. The second-order valence-corrected chi connectivity index (χ2v) is 5.91. The van der Waals surface area contributed by atoms with Crippen LogP contribution >= 0.6 is 11.8 Å². The molecule has 0 N–H and O–H groups in total. The second-order valence-electron chi connectivity index (χ2n) is 4.97. The van der Waals surface area contributed by atoms with Gasteiger partial charge in [0.25, 0.3) is 5.56 Å². The molecule has 2 aromatic heterocycles. The molecule has 2 aromatic rings. The highest BCUT2D eigenvalue weighted by Crippen LogP contribution is 2.20. The summed E-state index contributed by atoms with van der Waals surface area (Å²) in [5.41, 5.74) is 3.01. The van der Waals surface area contributed by atoms with E-state index in [0.717, 1.165) is 21.5 Å². The van der Waals surface area contributed by atoms with Crippen LogP contribution in [0.4, 0.5) is 0 Å². The first kappa shape index (κ1) is 15.5. The van der Waals surface area contributed by atoms with E-state index in [4.69, 9.17) is 0 Å². The first-order valence-corrected chi connectivity index (χ1v) is 7.50. The molecular formula is C14H18N4O2S. The van der Waals surface area contributed by atoms with Crippen molar-refractivity contribution in [3.05, 3.63) is 49.5 Å². The highest BCUT2D eigenvalue weighted by Gasteiger charge is 2.09. The first-order valence-electron chi connectivity index (χ1n) is 6.52. The Kier molecular flexibility index (Phi) is 4.32. The van der Waals surface area contributed by atoms with Gasteiger partial charge in [0, 0.05) is 43.0 Å². The van der Waals surface area contributed by atoms with Crippen molar-refractivity contribution >= 4 is 11.8 Å². The standard InChI is InChI=1S/C14H18N4O2S/c1-8-9(2)15-13(16-10(8)3)21-7-11-6-12(19)18(5)14(20)17(11)4/h6H,7H2,1-5H3. The lowest BCUT2D eigenvalue weighted by molar-refractivity contribution is 0.665. The van der Waals surface area contributed by atoms with Crippen LogP contribution in [0.1, 0.15) is 22.6 Å². The van der Waals surface area contributed by atoms with Crippen molar-refractivity contribution in [1.29, 1.82) is 0 Å². The Morgan fingerprint density at radius 2 is 1.62 bits per heavy atom. The van der Waals surface area contributed by atoms with Crippen molar-refractivity contribution in [1.82, 2.24) is 19.1 Å². The summed E-state index contributed by atoms with van der Waals surface area (Å²) < 4.78 is 2.56. The van der Waals surface area contributed by atoms with E-state index in [0.29, 0.717) is 16.6 Å². The Bertz CT molecular complexity index is 785. The molecule has 0 amide bonds. The first-order chi connectivity index (χ1) is 9.81. The molecule has 0 aliphatic rings. The molecule has 0 atom stereocenters. The van der Waals surface area contributed by atoms with Crippen LogP contribution in [-0.4, -0.2) is 19.1 Å². The van der Waals surface area contributed by atoms with Crippen LogP contribution in [-0.2, 0) is 19.8 Å². The molecule has 0 aromatic carbocycles. The van der Waals surface area contributed by atoms with Gasteiger partial charge in [0.2, 0.25) is 0 Å². The summed E-state index contributed by atoms with van der Waals surface area (Å²) in [4.78, 5) is 32.4. The van der Waals surface area contributed by atoms with E-state index < -0.39 is 0 Å². The van der Waals surface area contributed by atoms with E-state index in [9.17, 15) is 9.59 Å². The number of aryl methyl sites for hydroxylation is 2. The molecule has 0 fully saturated rings. The van der Waals surface area contributed by atoms with Gasteiger partial charge in [-0.2, -0.15) is 0 Å². The molecule has 7 heteroatoms. The van der Waals surface area contributed by atoms with Crippen molar-refractivity contribution in [2.24, 2.45) is 14.1 Å². The highest BCUT2D eigenvalue weighted by molar-refractivity contribution is 7.98. The fourth-order valence-electron chi connectivity index (χ4n) is 1.86. The van der Waals surface area contributed by atoms with Gasteiger partial charge >= 0.3 is 5.69 Å². The molecule has 2 heterocycles. The predicted molar refractivity (Wildman–Crippen MR) is 82.7 cm³/mol. The number of rotatable bonds is 3. The number of thioether (sulfide) groups is 1. The summed E-state index contributed by atoms with van der Waals surface area (Å²) in [6.07, 6.45) is 0. The number of hydrogen-bond acceptors (Lipinski definition) is 5. The average Bonchev–Trinajstić information content (AvgIpc) is 2.44. The van der Waals surface area contributed by atoms with Crippen LogP contribution in [0.15, 0.2) is 20.8 Å². The quantitative estimate of drug-likeness (QED) is 0.627. The Labute approximate surface area is 126 Å². The lowest BCUT2D eigenvalue weighted by Crippen LogP contribution is -2.37. The zero-order chi connectivity index (χ0) is 15.7. The molecule has 0 bridgehead atoms. The molecule has 21 heavy (non-hydrogen) atoms. The summed E-state index contributed by atoms with van der Waals surface area (Å²) in [5.74, 6) is 0.476. The normalized spacial score (nSPS) is 10.9. The van der Waals surface area contributed by atoms with Crippen molar-refractivity contribution in [2.45, 2.75) is 31.7 Å². The molecule has 2 rings (SSSR count). The van der Waals surface area contributed by atoms with Crippen LogP contribution in [0.5, 0.6) is 0 Å². The minimum absolute atomic E-state index is 0.300. The van der Waals surface area contributed by atoms with E-state index in [1.54, 1.807) is 7.05 Å². The zero-order valence-corrected chi connectivity index (χ0v) is 13.6. The number of hydrogen-bond donors (Lipinski definition) is 0. The summed E-state index contributed by atoms with van der Waals surface area (Å²) in [6.45, 7) is 5.88. The molecule has 0 saturated heterocycles. The lowest BCUT2D eigenvalue weighted by atomic mass is 10.2. The topological polar surface area (TPSA) is 69.8 Å². The molecule has 0 unspecified atom stereocenters. The molecule has 0 aliphatic carbocycles.